The van der Waals surface area contributed by atoms with Gasteiger partial charge in [-0.2, -0.15) is 0 Å². The molecule has 0 fully saturated rings. The molecule has 5 nitrogen and oxygen atoms in total. The highest BCUT2D eigenvalue weighted by Crippen LogP contribution is 2.31. The number of anilines is 1. The summed E-state index contributed by atoms with van der Waals surface area (Å²) in [4.78, 5) is 14.2. The summed E-state index contributed by atoms with van der Waals surface area (Å²) < 4.78 is 26.7. The van der Waals surface area contributed by atoms with E-state index in [2.05, 4.69) is 4.72 Å². The number of para-hydroxylation sites is 1. The molecule has 1 unspecified atom stereocenters. The van der Waals surface area contributed by atoms with Crippen molar-refractivity contribution in [3.05, 3.63) is 65.7 Å². The van der Waals surface area contributed by atoms with E-state index in [1.54, 1.807) is 29.2 Å². The van der Waals surface area contributed by atoms with Crippen molar-refractivity contribution in [2.75, 3.05) is 11.4 Å². The van der Waals surface area contributed by atoms with Crippen molar-refractivity contribution in [1.29, 1.82) is 0 Å². The standard InChI is InChI=1S/C18H20N2O3S/c1-14-11-16-9-5-6-10-17(16)20(14)18(21)12-19-24(22,23)13-15-7-3-2-4-8-15/h2-10,14,19H,11-13H2,1H3. The lowest BCUT2D eigenvalue weighted by atomic mass is 10.1. The summed E-state index contributed by atoms with van der Waals surface area (Å²) in [5.74, 6) is -0.364. The van der Waals surface area contributed by atoms with Crippen LogP contribution in [0.15, 0.2) is 54.6 Å². The number of benzene rings is 2. The van der Waals surface area contributed by atoms with Crippen LogP contribution in [0.1, 0.15) is 18.1 Å². The van der Waals surface area contributed by atoms with Gasteiger partial charge in [0.25, 0.3) is 0 Å². The first kappa shape index (κ1) is 16.7. The van der Waals surface area contributed by atoms with Crippen LogP contribution in [0.5, 0.6) is 0 Å². The Morgan fingerprint density at radius 2 is 1.79 bits per heavy atom. The average molecular weight is 344 g/mol. The van der Waals surface area contributed by atoms with Gasteiger partial charge in [0.15, 0.2) is 0 Å². The fourth-order valence-corrected chi connectivity index (χ4v) is 4.12. The minimum Gasteiger partial charge on any atom is -0.308 e. The van der Waals surface area contributed by atoms with Gasteiger partial charge in [0.05, 0.1) is 12.3 Å². The Bertz CT molecular complexity index is 834. The van der Waals surface area contributed by atoms with Crippen molar-refractivity contribution < 1.29 is 13.2 Å². The zero-order chi connectivity index (χ0) is 17.2. The van der Waals surface area contributed by atoms with Gasteiger partial charge in [0.2, 0.25) is 15.9 Å². The first-order chi connectivity index (χ1) is 11.5. The van der Waals surface area contributed by atoms with Gasteiger partial charge >= 0.3 is 0 Å². The van der Waals surface area contributed by atoms with Gasteiger partial charge in [-0.25, -0.2) is 13.1 Å². The molecule has 126 valence electrons. The molecule has 1 atom stereocenters. The van der Waals surface area contributed by atoms with Crippen LogP contribution in [0.25, 0.3) is 0 Å². The largest absolute Gasteiger partial charge is 0.308 e. The van der Waals surface area contributed by atoms with Gasteiger partial charge in [-0.15, -0.1) is 0 Å². The molecule has 1 amide bonds. The molecule has 0 aromatic heterocycles. The zero-order valence-electron chi connectivity index (χ0n) is 13.5. The van der Waals surface area contributed by atoms with Gasteiger partial charge in [-0.05, 0) is 30.5 Å². The molecule has 0 spiro atoms. The fraction of sp³-hybridized carbons (Fsp3) is 0.278. The van der Waals surface area contributed by atoms with Crippen molar-refractivity contribution in [3.8, 4) is 0 Å². The molecule has 0 aliphatic carbocycles. The summed E-state index contributed by atoms with van der Waals surface area (Å²) in [6.07, 6.45) is 0.790. The maximum absolute atomic E-state index is 12.5. The smallest absolute Gasteiger partial charge is 0.242 e. The summed E-state index contributed by atoms with van der Waals surface area (Å²) >= 11 is 0. The summed E-state index contributed by atoms with van der Waals surface area (Å²) in [5, 5.41) is 0. The van der Waals surface area contributed by atoms with E-state index in [-0.39, 0.29) is 24.2 Å². The number of hydrogen-bond acceptors (Lipinski definition) is 3. The number of fused-ring (bicyclic) bond motifs is 1. The summed E-state index contributed by atoms with van der Waals surface area (Å²) in [6, 6.07) is 16.7. The molecular formula is C18H20N2O3S. The lowest BCUT2D eigenvalue weighted by Crippen LogP contribution is -2.43. The van der Waals surface area contributed by atoms with Gasteiger partial charge in [0.1, 0.15) is 0 Å². The van der Waals surface area contributed by atoms with Crippen LogP contribution in [0.2, 0.25) is 0 Å². The minimum atomic E-state index is -3.55. The van der Waals surface area contributed by atoms with Crippen molar-refractivity contribution in [2.24, 2.45) is 0 Å². The van der Waals surface area contributed by atoms with Crippen LogP contribution < -0.4 is 9.62 Å². The Balaban J connectivity index is 1.65. The third-order valence-corrected chi connectivity index (χ3v) is 5.42. The molecule has 1 heterocycles. The van der Waals surface area contributed by atoms with Crippen LogP contribution >= 0.6 is 0 Å². The number of sulfonamides is 1. The Hall–Kier alpha value is -2.18. The Labute approximate surface area is 142 Å². The molecule has 2 aromatic rings. The Kier molecular flexibility index (Phi) is 4.69. The summed E-state index contributed by atoms with van der Waals surface area (Å²) in [6.45, 7) is 1.74. The Morgan fingerprint density at radius 1 is 1.12 bits per heavy atom. The fourth-order valence-electron chi connectivity index (χ4n) is 3.05. The van der Waals surface area contributed by atoms with E-state index in [0.717, 1.165) is 17.7 Å². The van der Waals surface area contributed by atoms with Crippen molar-refractivity contribution in [2.45, 2.75) is 25.1 Å². The monoisotopic (exact) mass is 344 g/mol. The maximum Gasteiger partial charge on any atom is 0.242 e. The number of nitrogens with one attached hydrogen (secondary N) is 1. The minimum absolute atomic E-state index is 0.0357. The molecule has 1 N–H and O–H groups in total. The molecule has 1 aliphatic heterocycles. The van der Waals surface area contributed by atoms with E-state index in [1.807, 2.05) is 37.3 Å². The molecule has 0 saturated carbocycles. The highest BCUT2D eigenvalue weighted by Gasteiger charge is 2.30. The van der Waals surface area contributed by atoms with Crippen LogP contribution in [0, 0.1) is 0 Å². The van der Waals surface area contributed by atoms with Crippen LogP contribution in [-0.4, -0.2) is 26.9 Å². The van der Waals surface area contributed by atoms with E-state index in [4.69, 9.17) is 0 Å². The number of carbonyl (C=O) groups excluding carboxylic acids is 1. The molecule has 24 heavy (non-hydrogen) atoms. The first-order valence-corrected chi connectivity index (χ1v) is 9.53. The highest BCUT2D eigenvalue weighted by molar-refractivity contribution is 7.88. The second-order valence-electron chi connectivity index (χ2n) is 6.01. The lowest BCUT2D eigenvalue weighted by Gasteiger charge is -2.22. The number of hydrogen-bond donors (Lipinski definition) is 1. The Morgan fingerprint density at radius 3 is 2.54 bits per heavy atom. The summed E-state index contributed by atoms with van der Waals surface area (Å²) in [7, 11) is -3.55. The molecule has 1 aliphatic rings. The number of rotatable bonds is 5. The predicted octanol–water partition coefficient (Wildman–Crippen LogP) is 2.08. The van der Waals surface area contributed by atoms with Gasteiger partial charge < -0.3 is 4.90 Å². The number of carbonyl (C=O) groups is 1. The molecular weight excluding hydrogens is 324 g/mol. The van der Waals surface area contributed by atoms with Crippen LogP contribution in [0.4, 0.5) is 5.69 Å². The van der Waals surface area contributed by atoms with Gasteiger partial charge in [-0.3, -0.25) is 4.79 Å². The molecule has 3 rings (SSSR count). The second kappa shape index (κ2) is 6.75. The van der Waals surface area contributed by atoms with E-state index < -0.39 is 10.0 Å². The second-order valence-corrected chi connectivity index (χ2v) is 7.82. The third-order valence-electron chi connectivity index (χ3n) is 4.12. The number of nitrogens with zero attached hydrogens (tertiary/aromatic N) is 1. The van der Waals surface area contributed by atoms with Crippen molar-refractivity contribution in [3.63, 3.8) is 0 Å². The normalized spacial score (nSPS) is 16.9. The van der Waals surface area contributed by atoms with Crippen LogP contribution in [-0.2, 0) is 27.0 Å². The zero-order valence-corrected chi connectivity index (χ0v) is 14.3. The topological polar surface area (TPSA) is 66.5 Å². The van der Waals surface area contributed by atoms with Crippen molar-refractivity contribution >= 4 is 21.6 Å². The van der Waals surface area contributed by atoms with Crippen molar-refractivity contribution in [1.82, 2.24) is 4.72 Å². The quantitative estimate of drug-likeness (QED) is 0.903. The van der Waals surface area contributed by atoms with E-state index >= 15 is 0 Å². The van der Waals surface area contributed by atoms with Gasteiger partial charge in [0, 0.05) is 11.7 Å². The van der Waals surface area contributed by atoms with Crippen LogP contribution in [0.3, 0.4) is 0 Å². The van der Waals surface area contributed by atoms with E-state index in [9.17, 15) is 13.2 Å². The van der Waals surface area contributed by atoms with E-state index in [1.165, 1.54) is 0 Å². The van der Waals surface area contributed by atoms with Gasteiger partial charge in [-0.1, -0.05) is 48.5 Å². The first-order valence-electron chi connectivity index (χ1n) is 7.87. The van der Waals surface area contributed by atoms with E-state index in [0.29, 0.717) is 5.56 Å². The maximum atomic E-state index is 12.5. The number of amides is 1. The molecule has 0 saturated heterocycles. The molecule has 2 aromatic carbocycles. The SMILES string of the molecule is CC1Cc2ccccc2N1C(=O)CNS(=O)(=O)Cc1ccccc1. The highest BCUT2D eigenvalue weighted by atomic mass is 32.2. The molecule has 0 radical (unpaired) electrons. The molecule has 6 heteroatoms. The average Bonchev–Trinajstić information content (AvgIpc) is 2.89. The predicted molar refractivity (Wildman–Crippen MR) is 94.2 cm³/mol. The lowest BCUT2D eigenvalue weighted by molar-refractivity contribution is -0.117. The molecule has 0 bridgehead atoms. The third kappa shape index (κ3) is 3.66. The summed E-state index contributed by atoms with van der Waals surface area (Å²) in [5.41, 5.74) is 2.68.